The molecule has 0 saturated heterocycles. The summed E-state index contributed by atoms with van der Waals surface area (Å²) in [6.07, 6.45) is 2.47. The zero-order valence-electron chi connectivity index (χ0n) is 12.8. The van der Waals surface area contributed by atoms with Crippen molar-refractivity contribution in [3.63, 3.8) is 0 Å². The van der Waals surface area contributed by atoms with Crippen LogP contribution in [0.1, 0.15) is 39.5 Å². The van der Waals surface area contributed by atoms with E-state index in [9.17, 15) is 9.59 Å². The Morgan fingerprint density at radius 3 is 2.35 bits per heavy atom. The SMILES string of the molecule is CON(C)C(=O)C1CCC(OC(=O)NCC(C)C)CC1. The quantitative estimate of drug-likeness (QED) is 0.784. The number of hydroxylamine groups is 2. The minimum Gasteiger partial charge on any atom is -0.446 e. The van der Waals surface area contributed by atoms with Crippen LogP contribution in [0.15, 0.2) is 0 Å². The lowest BCUT2D eigenvalue weighted by molar-refractivity contribution is -0.175. The zero-order chi connectivity index (χ0) is 15.1. The monoisotopic (exact) mass is 286 g/mol. The number of hydrogen-bond acceptors (Lipinski definition) is 4. The van der Waals surface area contributed by atoms with E-state index >= 15 is 0 Å². The van der Waals surface area contributed by atoms with Crippen LogP contribution >= 0.6 is 0 Å². The van der Waals surface area contributed by atoms with Gasteiger partial charge < -0.3 is 10.1 Å². The summed E-state index contributed by atoms with van der Waals surface area (Å²) in [6.45, 7) is 4.68. The fourth-order valence-corrected chi connectivity index (χ4v) is 2.26. The summed E-state index contributed by atoms with van der Waals surface area (Å²) in [5, 5.41) is 4.00. The number of nitrogens with zero attached hydrogens (tertiary/aromatic N) is 1. The highest BCUT2D eigenvalue weighted by molar-refractivity contribution is 5.77. The van der Waals surface area contributed by atoms with Crippen LogP contribution in [-0.2, 0) is 14.4 Å². The normalized spacial score (nSPS) is 22.4. The first-order chi connectivity index (χ1) is 9.43. The molecule has 6 nitrogen and oxygen atoms in total. The molecular weight excluding hydrogens is 260 g/mol. The molecule has 1 aliphatic carbocycles. The van der Waals surface area contributed by atoms with Crippen molar-refractivity contribution in [3.05, 3.63) is 0 Å². The van der Waals surface area contributed by atoms with Gasteiger partial charge in [0.15, 0.2) is 0 Å². The van der Waals surface area contributed by atoms with Gasteiger partial charge in [-0.05, 0) is 31.6 Å². The average Bonchev–Trinajstić information content (AvgIpc) is 2.44. The fraction of sp³-hybridized carbons (Fsp3) is 0.857. The largest absolute Gasteiger partial charge is 0.446 e. The maximum atomic E-state index is 11.9. The van der Waals surface area contributed by atoms with Crippen LogP contribution in [0, 0.1) is 11.8 Å². The molecule has 0 radical (unpaired) electrons. The fourth-order valence-electron chi connectivity index (χ4n) is 2.26. The Bertz CT molecular complexity index is 325. The second kappa shape index (κ2) is 8.09. The maximum absolute atomic E-state index is 11.9. The van der Waals surface area contributed by atoms with Gasteiger partial charge in [-0.3, -0.25) is 9.63 Å². The molecular formula is C14H26N2O4. The summed E-state index contributed by atoms with van der Waals surface area (Å²) in [4.78, 5) is 28.4. The van der Waals surface area contributed by atoms with Crippen molar-refractivity contribution < 1.29 is 19.2 Å². The number of rotatable bonds is 5. The molecule has 0 heterocycles. The molecule has 6 heteroatoms. The van der Waals surface area contributed by atoms with E-state index in [1.807, 2.05) is 13.8 Å². The van der Waals surface area contributed by atoms with Crippen LogP contribution in [0.4, 0.5) is 4.79 Å². The van der Waals surface area contributed by atoms with Crippen LogP contribution in [0.5, 0.6) is 0 Å². The minimum absolute atomic E-state index is 0.00444. The van der Waals surface area contributed by atoms with Crippen molar-refractivity contribution in [1.29, 1.82) is 0 Å². The van der Waals surface area contributed by atoms with Crippen molar-refractivity contribution in [1.82, 2.24) is 10.4 Å². The van der Waals surface area contributed by atoms with Crippen molar-refractivity contribution in [2.24, 2.45) is 11.8 Å². The molecule has 1 fully saturated rings. The lowest BCUT2D eigenvalue weighted by Gasteiger charge is -2.29. The van der Waals surface area contributed by atoms with Crippen LogP contribution in [0.3, 0.4) is 0 Å². The third kappa shape index (κ3) is 5.36. The summed E-state index contributed by atoms with van der Waals surface area (Å²) in [5.41, 5.74) is 0. The van der Waals surface area contributed by atoms with Crippen LogP contribution in [0.2, 0.25) is 0 Å². The van der Waals surface area contributed by atoms with Gasteiger partial charge in [-0.1, -0.05) is 13.8 Å². The van der Waals surface area contributed by atoms with Gasteiger partial charge in [0.2, 0.25) is 5.91 Å². The molecule has 0 bridgehead atoms. The molecule has 0 atom stereocenters. The van der Waals surface area contributed by atoms with Crippen molar-refractivity contribution in [2.75, 3.05) is 20.7 Å². The number of carbonyl (C=O) groups is 2. The highest BCUT2D eigenvalue weighted by Gasteiger charge is 2.30. The van der Waals surface area contributed by atoms with Gasteiger partial charge >= 0.3 is 6.09 Å². The highest BCUT2D eigenvalue weighted by atomic mass is 16.7. The molecule has 0 aromatic rings. The Labute approximate surface area is 120 Å². The van der Waals surface area contributed by atoms with Gasteiger partial charge in [-0.25, -0.2) is 9.86 Å². The van der Waals surface area contributed by atoms with Gasteiger partial charge in [0.25, 0.3) is 0 Å². The molecule has 0 spiro atoms. The Kier molecular flexibility index (Phi) is 6.78. The van der Waals surface area contributed by atoms with Gasteiger partial charge in [-0.2, -0.15) is 0 Å². The van der Waals surface area contributed by atoms with E-state index in [0.29, 0.717) is 12.5 Å². The maximum Gasteiger partial charge on any atom is 0.407 e. The number of ether oxygens (including phenoxy) is 1. The zero-order valence-corrected chi connectivity index (χ0v) is 12.8. The Hall–Kier alpha value is -1.30. The van der Waals surface area contributed by atoms with Crippen LogP contribution in [-0.4, -0.2) is 43.9 Å². The Balaban J connectivity index is 2.28. The summed E-state index contributed by atoms with van der Waals surface area (Å²) in [6, 6.07) is 0. The van der Waals surface area contributed by atoms with E-state index in [4.69, 9.17) is 9.57 Å². The summed E-state index contributed by atoms with van der Waals surface area (Å²) in [5.74, 6) is 0.370. The molecule has 0 aromatic heterocycles. The number of alkyl carbamates (subject to hydrolysis) is 1. The van der Waals surface area contributed by atoms with E-state index in [1.54, 1.807) is 7.05 Å². The summed E-state index contributed by atoms with van der Waals surface area (Å²) < 4.78 is 5.35. The molecule has 1 N–H and O–H groups in total. The molecule has 20 heavy (non-hydrogen) atoms. The molecule has 116 valence electrons. The molecule has 1 rings (SSSR count). The predicted molar refractivity (Wildman–Crippen MR) is 74.8 cm³/mol. The first-order valence-electron chi connectivity index (χ1n) is 7.20. The Morgan fingerprint density at radius 2 is 1.85 bits per heavy atom. The first kappa shape index (κ1) is 16.8. The molecule has 2 amide bonds. The van der Waals surface area contributed by atoms with Crippen molar-refractivity contribution >= 4 is 12.0 Å². The molecule has 1 saturated carbocycles. The molecule has 1 aliphatic rings. The number of carbonyl (C=O) groups excluding carboxylic acids is 2. The second-order valence-electron chi connectivity index (χ2n) is 5.67. The summed E-state index contributed by atoms with van der Waals surface area (Å²) >= 11 is 0. The van der Waals surface area contributed by atoms with E-state index in [2.05, 4.69) is 5.32 Å². The minimum atomic E-state index is -0.359. The number of hydrogen-bond donors (Lipinski definition) is 1. The molecule has 0 aromatic carbocycles. The van der Waals surface area contributed by atoms with Crippen molar-refractivity contribution in [3.8, 4) is 0 Å². The topological polar surface area (TPSA) is 67.9 Å². The molecule has 0 aliphatic heterocycles. The third-order valence-electron chi connectivity index (χ3n) is 3.54. The smallest absolute Gasteiger partial charge is 0.407 e. The highest BCUT2D eigenvalue weighted by Crippen LogP contribution is 2.27. The number of nitrogens with one attached hydrogen (secondary N) is 1. The summed E-state index contributed by atoms with van der Waals surface area (Å²) in [7, 11) is 3.09. The van der Waals surface area contributed by atoms with E-state index in [1.165, 1.54) is 12.2 Å². The second-order valence-corrected chi connectivity index (χ2v) is 5.67. The van der Waals surface area contributed by atoms with E-state index in [0.717, 1.165) is 25.7 Å². The van der Waals surface area contributed by atoms with E-state index < -0.39 is 0 Å². The van der Waals surface area contributed by atoms with Gasteiger partial charge in [0.05, 0.1) is 7.11 Å². The standard InChI is InChI=1S/C14H26N2O4/c1-10(2)9-15-14(18)20-12-7-5-11(6-8-12)13(17)16(3)19-4/h10-12H,5-9H2,1-4H3,(H,15,18). The first-order valence-corrected chi connectivity index (χ1v) is 7.20. The van der Waals surface area contributed by atoms with Crippen LogP contribution < -0.4 is 5.32 Å². The molecule has 0 unspecified atom stereocenters. The lowest BCUT2D eigenvalue weighted by Crippen LogP contribution is -2.37. The predicted octanol–water partition coefficient (Wildman–Crippen LogP) is 1.95. The van der Waals surface area contributed by atoms with Gasteiger partial charge in [0, 0.05) is 19.5 Å². The average molecular weight is 286 g/mol. The van der Waals surface area contributed by atoms with Gasteiger partial charge in [0.1, 0.15) is 6.10 Å². The van der Waals surface area contributed by atoms with Crippen LogP contribution in [0.25, 0.3) is 0 Å². The Morgan fingerprint density at radius 1 is 1.25 bits per heavy atom. The lowest BCUT2D eigenvalue weighted by atomic mass is 9.87. The number of amides is 2. The van der Waals surface area contributed by atoms with E-state index in [-0.39, 0.29) is 24.0 Å². The van der Waals surface area contributed by atoms with Crippen molar-refractivity contribution in [2.45, 2.75) is 45.6 Å². The van der Waals surface area contributed by atoms with Gasteiger partial charge in [-0.15, -0.1) is 0 Å². The third-order valence-corrected chi connectivity index (χ3v) is 3.54.